The van der Waals surface area contributed by atoms with Crippen molar-refractivity contribution >= 4 is 10.1 Å². The Morgan fingerprint density at radius 1 is 1.60 bits per heavy atom. The lowest BCUT2D eigenvalue weighted by Crippen LogP contribution is -2.17. The molecule has 0 aliphatic carbocycles. The smallest absolute Gasteiger partial charge is 0.264 e. The third-order valence-electron chi connectivity index (χ3n) is 1.31. The van der Waals surface area contributed by atoms with E-state index in [0.717, 1.165) is 0 Å². The molecule has 0 saturated heterocycles. The Balaban J connectivity index is 5.72. The average molecular weight is 238 g/mol. The van der Waals surface area contributed by atoms with E-state index >= 15 is 0 Å². The van der Waals surface area contributed by atoms with Gasteiger partial charge in [0.2, 0.25) is 0 Å². The lowest BCUT2D eigenvalue weighted by atomic mass is 10.1. The first-order valence-electron chi connectivity index (χ1n) is 7.63. The van der Waals surface area contributed by atoms with Gasteiger partial charge < -0.3 is 0 Å². The third-order valence-corrected chi connectivity index (χ3v) is 1.78. The number of terminal acetylenes is 1. The number of hydrogen-bond donors (Lipinski definition) is 0. The minimum Gasteiger partial charge on any atom is -0.267 e. The Morgan fingerprint density at radius 2 is 2.27 bits per heavy atom. The molecule has 0 fully saturated rings. The number of hydrogen-bond acceptors (Lipinski definition) is 3. The molecule has 1 atom stereocenters. The summed E-state index contributed by atoms with van der Waals surface area (Å²) in [4.78, 5) is 0. The van der Waals surface area contributed by atoms with Crippen LogP contribution in [0.5, 0.6) is 0 Å². The van der Waals surface area contributed by atoms with E-state index < -0.39 is 35.4 Å². The summed E-state index contributed by atoms with van der Waals surface area (Å²) in [6.45, 7) is 1.64. The topological polar surface area (TPSA) is 43.4 Å². The van der Waals surface area contributed by atoms with Gasteiger partial charge >= 0.3 is 0 Å². The largest absolute Gasteiger partial charge is 0.267 e. The Kier molecular flexibility index (Phi) is 3.57. The molecule has 0 aromatic heterocycles. The molecule has 0 aliphatic rings. The second-order valence-electron chi connectivity index (χ2n) is 2.90. The van der Waals surface area contributed by atoms with E-state index in [1.54, 1.807) is 6.92 Å². The standard InChI is InChI=1S/C11H20O3S/c1-4-6-8-10-11(9-7-5-2)14-15(3,12)13/h1,11H,5-10H2,2-3H3/i1D,9D2,10D2,11D. The van der Waals surface area contributed by atoms with E-state index in [0.29, 0.717) is 12.7 Å². The molecule has 0 spiro atoms. The fraction of sp³-hybridized carbons (Fsp3) is 0.818. The molecule has 0 aromatic carbocycles. The maximum absolute atomic E-state index is 11.3. The second-order valence-corrected chi connectivity index (χ2v) is 4.47. The molecule has 0 rings (SSSR count). The summed E-state index contributed by atoms with van der Waals surface area (Å²) in [7, 11) is -4.24. The van der Waals surface area contributed by atoms with Gasteiger partial charge in [-0.3, -0.25) is 4.18 Å². The maximum Gasteiger partial charge on any atom is 0.264 e. The van der Waals surface area contributed by atoms with Crippen LogP contribution in [0.3, 0.4) is 0 Å². The summed E-state index contributed by atoms with van der Waals surface area (Å²) >= 11 is 0. The summed E-state index contributed by atoms with van der Waals surface area (Å²) < 4.78 is 73.5. The van der Waals surface area contributed by atoms with E-state index in [4.69, 9.17) is 8.22 Å². The summed E-state index contributed by atoms with van der Waals surface area (Å²) in [5.74, 6) is 2.29. The van der Waals surface area contributed by atoms with Gasteiger partial charge in [0.1, 0.15) is 1.37 Å². The Bertz CT molecular complexity index is 508. The molecular weight excluding hydrogens is 212 g/mol. The predicted molar refractivity (Wildman–Crippen MR) is 61.9 cm³/mol. The molecule has 0 aromatic rings. The molecule has 3 nitrogen and oxygen atoms in total. The molecule has 0 bridgehead atoms. The van der Waals surface area contributed by atoms with Crippen LogP contribution in [0.2, 0.25) is 0 Å². The van der Waals surface area contributed by atoms with Crippen LogP contribution in [-0.2, 0) is 14.3 Å². The average Bonchev–Trinajstić information content (AvgIpc) is 2.26. The van der Waals surface area contributed by atoms with Crippen LogP contribution in [0.1, 0.15) is 53.6 Å². The Hall–Kier alpha value is -0.530. The van der Waals surface area contributed by atoms with Crippen molar-refractivity contribution < 1.29 is 20.8 Å². The normalized spacial score (nSPS) is 22.8. The molecule has 0 N–H and O–H groups in total. The van der Waals surface area contributed by atoms with E-state index in [1.165, 1.54) is 0 Å². The zero-order chi connectivity index (χ0) is 16.9. The quantitative estimate of drug-likeness (QED) is 0.481. The molecule has 0 amide bonds. The van der Waals surface area contributed by atoms with Crippen molar-refractivity contribution in [2.24, 2.45) is 0 Å². The first-order chi connectivity index (χ1) is 9.33. The lowest BCUT2D eigenvalue weighted by Gasteiger charge is -2.15. The SMILES string of the molecule is [2H]C#CCCC([2H])([2H])C([2H])(OS(C)(=O)=O)C([2H])([2H])CCC. The molecular formula is C11H20O3S. The Labute approximate surface area is 102 Å². The van der Waals surface area contributed by atoms with E-state index in [2.05, 4.69) is 10.1 Å². The molecule has 4 heteroatoms. The number of rotatable bonds is 8. The van der Waals surface area contributed by atoms with Gasteiger partial charge in [-0.1, -0.05) is 19.8 Å². The van der Waals surface area contributed by atoms with Gasteiger partial charge in [-0.15, -0.1) is 12.3 Å². The van der Waals surface area contributed by atoms with Gasteiger partial charge in [0, 0.05) is 11.9 Å². The fourth-order valence-electron chi connectivity index (χ4n) is 0.750. The van der Waals surface area contributed by atoms with Crippen LogP contribution in [0.15, 0.2) is 0 Å². The molecule has 1 unspecified atom stereocenters. The first kappa shape index (κ1) is 6.93. The van der Waals surface area contributed by atoms with Gasteiger partial charge in [0.15, 0.2) is 0 Å². The zero-order valence-corrected chi connectivity index (χ0v) is 9.78. The van der Waals surface area contributed by atoms with E-state index in [1.807, 2.05) is 6.40 Å². The summed E-state index contributed by atoms with van der Waals surface area (Å²) in [5.41, 5.74) is 0. The van der Waals surface area contributed by atoms with Crippen LogP contribution >= 0.6 is 0 Å². The van der Waals surface area contributed by atoms with Gasteiger partial charge in [0.05, 0.1) is 13.7 Å². The highest BCUT2D eigenvalue weighted by atomic mass is 32.2. The lowest BCUT2D eigenvalue weighted by molar-refractivity contribution is 0.185. The molecule has 0 aliphatic heterocycles. The summed E-state index contributed by atoms with van der Waals surface area (Å²) in [6.07, 6.45) is -6.01. The van der Waals surface area contributed by atoms with Crippen LogP contribution < -0.4 is 0 Å². The highest BCUT2D eigenvalue weighted by Crippen LogP contribution is 2.14. The van der Waals surface area contributed by atoms with Crippen molar-refractivity contribution in [3.05, 3.63) is 0 Å². The third kappa shape index (κ3) is 9.77. The molecule has 15 heavy (non-hydrogen) atoms. The highest BCUT2D eigenvalue weighted by Gasteiger charge is 2.14. The van der Waals surface area contributed by atoms with Crippen molar-refractivity contribution in [2.45, 2.75) is 51.4 Å². The molecule has 0 heterocycles. The minimum absolute atomic E-state index is 0.105. The zero-order valence-electron chi connectivity index (χ0n) is 15.0. The van der Waals surface area contributed by atoms with Crippen molar-refractivity contribution in [3.8, 4) is 12.3 Å². The van der Waals surface area contributed by atoms with Crippen LogP contribution in [-0.4, -0.2) is 20.8 Å². The summed E-state index contributed by atoms with van der Waals surface area (Å²) in [5, 5.41) is 0. The summed E-state index contributed by atoms with van der Waals surface area (Å²) in [6, 6.07) is 0. The maximum atomic E-state index is 11.3. The van der Waals surface area contributed by atoms with Gasteiger partial charge in [0.25, 0.3) is 10.1 Å². The van der Waals surface area contributed by atoms with Crippen molar-refractivity contribution in [1.29, 1.82) is 0 Å². The highest BCUT2D eigenvalue weighted by molar-refractivity contribution is 7.86. The van der Waals surface area contributed by atoms with Gasteiger partial charge in [-0.2, -0.15) is 8.42 Å². The van der Waals surface area contributed by atoms with Gasteiger partial charge in [-0.05, 0) is 19.2 Å². The van der Waals surface area contributed by atoms with E-state index in [9.17, 15) is 8.42 Å². The first-order valence-corrected chi connectivity index (χ1v) is 6.45. The minimum atomic E-state index is -4.24. The molecule has 0 radical (unpaired) electrons. The van der Waals surface area contributed by atoms with Crippen molar-refractivity contribution in [1.82, 2.24) is 0 Å². The van der Waals surface area contributed by atoms with Crippen LogP contribution in [0, 0.1) is 12.3 Å². The Morgan fingerprint density at radius 3 is 2.80 bits per heavy atom. The monoisotopic (exact) mass is 238 g/mol. The van der Waals surface area contributed by atoms with E-state index in [-0.39, 0.29) is 12.8 Å². The van der Waals surface area contributed by atoms with Crippen molar-refractivity contribution in [2.75, 3.05) is 6.26 Å². The van der Waals surface area contributed by atoms with Crippen LogP contribution in [0.4, 0.5) is 0 Å². The van der Waals surface area contributed by atoms with Gasteiger partial charge in [-0.25, -0.2) is 0 Å². The molecule has 0 saturated carbocycles. The van der Waals surface area contributed by atoms with Crippen molar-refractivity contribution in [3.63, 3.8) is 0 Å². The van der Waals surface area contributed by atoms with Crippen LogP contribution in [0.25, 0.3) is 0 Å². The second kappa shape index (κ2) is 7.72. The predicted octanol–water partition coefficient (Wildman–Crippen LogP) is 2.32. The molecule has 88 valence electrons. The fourth-order valence-corrected chi connectivity index (χ4v) is 1.17.